The first-order chi connectivity index (χ1) is 15.3. The van der Waals surface area contributed by atoms with Crippen molar-refractivity contribution in [2.24, 2.45) is 0 Å². The van der Waals surface area contributed by atoms with Gasteiger partial charge in [0.25, 0.3) is 0 Å². The second-order valence-corrected chi connectivity index (χ2v) is 7.44. The lowest BCUT2D eigenvalue weighted by atomic mass is 9.85. The number of anilines is 1. The van der Waals surface area contributed by atoms with Crippen LogP contribution < -0.4 is 19.7 Å². The Balaban J connectivity index is 1.94. The molecule has 2 aromatic carbocycles. The number of rotatable bonds is 6. The Morgan fingerprint density at radius 2 is 1.78 bits per heavy atom. The highest BCUT2D eigenvalue weighted by Gasteiger charge is 2.39. The van der Waals surface area contributed by atoms with Gasteiger partial charge in [0.05, 0.1) is 32.4 Å². The van der Waals surface area contributed by atoms with Gasteiger partial charge in [0.15, 0.2) is 23.1 Å². The molecule has 0 radical (unpaired) electrons. The third-order valence-corrected chi connectivity index (χ3v) is 5.42. The summed E-state index contributed by atoms with van der Waals surface area (Å²) in [5.41, 5.74) is 1.51. The largest absolute Gasteiger partial charge is 0.493 e. The van der Waals surface area contributed by atoms with Gasteiger partial charge in [0, 0.05) is 18.7 Å². The third-order valence-electron chi connectivity index (χ3n) is 5.42. The zero-order valence-electron chi connectivity index (χ0n) is 18.4. The standard InChI is InChI=1S/C23H26F2N2O5/c1-5-32-23(29)27-13(2)8-16(15-10-20(30-3)21(31-4)11-19(15)27)22(28)26-12-14-6-7-17(24)18(25)9-14/h6-7,9-11,13,16H,5,8,12H2,1-4H3,(H,26,28). The van der Waals surface area contributed by atoms with Gasteiger partial charge >= 0.3 is 6.09 Å². The quantitative estimate of drug-likeness (QED) is 0.719. The van der Waals surface area contributed by atoms with Crippen LogP contribution in [0.5, 0.6) is 11.5 Å². The van der Waals surface area contributed by atoms with Crippen LogP contribution in [-0.2, 0) is 16.1 Å². The molecule has 0 aromatic heterocycles. The fourth-order valence-corrected chi connectivity index (χ4v) is 3.86. The van der Waals surface area contributed by atoms with E-state index < -0.39 is 23.6 Å². The second kappa shape index (κ2) is 9.84. The van der Waals surface area contributed by atoms with Gasteiger partial charge in [0.2, 0.25) is 5.91 Å². The van der Waals surface area contributed by atoms with Crippen LogP contribution in [-0.4, -0.2) is 38.9 Å². The Hall–Kier alpha value is -3.36. The normalized spacial score (nSPS) is 17.4. The van der Waals surface area contributed by atoms with Crippen molar-refractivity contribution in [2.75, 3.05) is 25.7 Å². The zero-order valence-corrected chi connectivity index (χ0v) is 18.4. The highest BCUT2D eigenvalue weighted by molar-refractivity contribution is 5.95. The fourth-order valence-electron chi connectivity index (χ4n) is 3.86. The topological polar surface area (TPSA) is 77.1 Å². The number of nitrogens with zero attached hydrogens (tertiary/aromatic N) is 1. The minimum atomic E-state index is -0.977. The van der Waals surface area contributed by atoms with E-state index in [1.807, 2.05) is 6.92 Å². The Morgan fingerprint density at radius 1 is 1.09 bits per heavy atom. The lowest BCUT2D eigenvalue weighted by molar-refractivity contribution is -0.123. The molecule has 32 heavy (non-hydrogen) atoms. The summed E-state index contributed by atoms with van der Waals surface area (Å²) in [5.74, 6) is -2.00. The van der Waals surface area contributed by atoms with Gasteiger partial charge in [-0.3, -0.25) is 9.69 Å². The molecule has 1 N–H and O–H groups in total. The number of nitrogens with one attached hydrogen (secondary N) is 1. The summed E-state index contributed by atoms with van der Waals surface area (Å²) in [7, 11) is 2.97. The maximum absolute atomic E-state index is 13.5. The maximum atomic E-state index is 13.5. The molecule has 1 heterocycles. The number of benzene rings is 2. The van der Waals surface area contributed by atoms with Crippen molar-refractivity contribution in [3.05, 3.63) is 53.1 Å². The van der Waals surface area contributed by atoms with Crippen LogP contribution in [0.25, 0.3) is 0 Å². The van der Waals surface area contributed by atoms with Gasteiger partial charge in [-0.1, -0.05) is 6.07 Å². The Labute approximate surface area is 185 Å². The molecule has 2 unspecified atom stereocenters. The predicted molar refractivity (Wildman–Crippen MR) is 114 cm³/mol. The molecule has 1 aliphatic rings. The Bertz CT molecular complexity index is 1010. The van der Waals surface area contributed by atoms with Gasteiger partial charge in [-0.25, -0.2) is 13.6 Å². The summed E-state index contributed by atoms with van der Waals surface area (Å²) in [4.78, 5) is 27.2. The summed E-state index contributed by atoms with van der Waals surface area (Å²) in [6.45, 7) is 3.79. The van der Waals surface area contributed by atoms with Crippen LogP contribution in [0.1, 0.15) is 37.3 Å². The molecule has 172 valence electrons. The maximum Gasteiger partial charge on any atom is 0.414 e. The molecule has 3 rings (SSSR count). The minimum absolute atomic E-state index is 0.0329. The number of methoxy groups -OCH3 is 2. The van der Waals surface area contributed by atoms with Crippen molar-refractivity contribution in [1.29, 1.82) is 0 Å². The molecule has 7 nitrogen and oxygen atoms in total. The second-order valence-electron chi connectivity index (χ2n) is 7.44. The molecule has 0 saturated carbocycles. The molecular weight excluding hydrogens is 422 g/mol. The van der Waals surface area contributed by atoms with Crippen molar-refractivity contribution in [1.82, 2.24) is 5.32 Å². The van der Waals surface area contributed by atoms with Gasteiger partial charge in [-0.05, 0) is 49.6 Å². The number of ether oxygens (including phenoxy) is 3. The van der Waals surface area contributed by atoms with E-state index in [0.29, 0.717) is 34.7 Å². The van der Waals surface area contributed by atoms with Crippen LogP contribution in [0.4, 0.5) is 19.3 Å². The molecule has 2 aromatic rings. The summed E-state index contributed by atoms with van der Waals surface area (Å²) in [5, 5.41) is 2.78. The number of halogens is 2. The monoisotopic (exact) mass is 448 g/mol. The van der Waals surface area contributed by atoms with Gasteiger partial charge in [-0.15, -0.1) is 0 Å². The molecule has 0 saturated heterocycles. The van der Waals surface area contributed by atoms with E-state index in [-0.39, 0.29) is 25.1 Å². The number of amides is 2. The first-order valence-electron chi connectivity index (χ1n) is 10.2. The van der Waals surface area contributed by atoms with E-state index in [1.54, 1.807) is 19.1 Å². The van der Waals surface area contributed by atoms with E-state index in [0.717, 1.165) is 12.1 Å². The third kappa shape index (κ3) is 4.61. The lowest BCUT2D eigenvalue weighted by Gasteiger charge is -2.38. The van der Waals surface area contributed by atoms with E-state index >= 15 is 0 Å². The minimum Gasteiger partial charge on any atom is -0.493 e. The van der Waals surface area contributed by atoms with Crippen LogP contribution in [0.3, 0.4) is 0 Å². The smallest absolute Gasteiger partial charge is 0.414 e. The van der Waals surface area contributed by atoms with E-state index in [9.17, 15) is 18.4 Å². The van der Waals surface area contributed by atoms with Crippen LogP contribution in [0, 0.1) is 11.6 Å². The fraction of sp³-hybridized carbons (Fsp3) is 0.391. The van der Waals surface area contributed by atoms with Crippen molar-refractivity contribution < 1.29 is 32.6 Å². The van der Waals surface area contributed by atoms with Crippen molar-refractivity contribution in [2.45, 2.75) is 38.8 Å². The van der Waals surface area contributed by atoms with E-state index in [4.69, 9.17) is 14.2 Å². The van der Waals surface area contributed by atoms with E-state index in [1.165, 1.54) is 25.2 Å². The zero-order chi connectivity index (χ0) is 23.4. The summed E-state index contributed by atoms with van der Waals surface area (Å²) >= 11 is 0. The van der Waals surface area contributed by atoms with Crippen molar-refractivity contribution >= 4 is 17.7 Å². The van der Waals surface area contributed by atoms with Crippen LogP contribution in [0.15, 0.2) is 30.3 Å². The summed E-state index contributed by atoms with van der Waals surface area (Å²) < 4.78 is 42.6. The molecule has 2 atom stereocenters. The molecule has 0 fully saturated rings. The Morgan fingerprint density at radius 3 is 2.41 bits per heavy atom. The molecule has 1 aliphatic heterocycles. The van der Waals surface area contributed by atoms with E-state index in [2.05, 4.69) is 5.32 Å². The first-order valence-corrected chi connectivity index (χ1v) is 10.2. The van der Waals surface area contributed by atoms with Gasteiger partial charge in [-0.2, -0.15) is 0 Å². The summed E-state index contributed by atoms with van der Waals surface area (Å²) in [6.07, 6.45) is -0.181. The highest BCUT2D eigenvalue weighted by atomic mass is 19.2. The average Bonchev–Trinajstić information content (AvgIpc) is 2.78. The highest BCUT2D eigenvalue weighted by Crippen LogP contribution is 2.44. The summed E-state index contributed by atoms with van der Waals surface area (Å²) in [6, 6.07) is 6.46. The van der Waals surface area contributed by atoms with Crippen LogP contribution >= 0.6 is 0 Å². The number of carbonyl (C=O) groups is 2. The number of carbonyl (C=O) groups excluding carboxylic acids is 2. The number of hydrogen-bond acceptors (Lipinski definition) is 5. The predicted octanol–water partition coefficient (Wildman–Crippen LogP) is 4.14. The molecule has 2 amide bonds. The van der Waals surface area contributed by atoms with Crippen molar-refractivity contribution in [3.63, 3.8) is 0 Å². The van der Waals surface area contributed by atoms with Gasteiger partial charge in [0.1, 0.15) is 0 Å². The first kappa shape index (κ1) is 23.3. The number of fused-ring (bicyclic) bond motifs is 1. The SMILES string of the molecule is CCOC(=O)N1c2cc(OC)c(OC)cc2C(C(=O)NCc2ccc(F)c(F)c2)CC1C. The molecule has 0 bridgehead atoms. The Kier molecular flexibility index (Phi) is 7.17. The van der Waals surface area contributed by atoms with Crippen LogP contribution in [0.2, 0.25) is 0 Å². The molecule has 0 aliphatic carbocycles. The average molecular weight is 448 g/mol. The van der Waals surface area contributed by atoms with Gasteiger partial charge < -0.3 is 19.5 Å². The number of hydrogen-bond donors (Lipinski definition) is 1. The molecular formula is C23H26F2N2O5. The molecule has 0 spiro atoms. The van der Waals surface area contributed by atoms with Crippen molar-refractivity contribution in [3.8, 4) is 11.5 Å². The lowest BCUT2D eigenvalue weighted by Crippen LogP contribution is -2.46. The molecule has 9 heteroatoms.